The zero-order valence-electron chi connectivity index (χ0n) is 13.5. The molecule has 120 valence electrons. The van der Waals surface area contributed by atoms with Gasteiger partial charge in [-0.3, -0.25) is 4.90 Å². The Morgan fingerprint density at radius 1 is 1.41 bits per heavy atom. The first-order valence-corrected chi connectivity index (χ1v) is 9.05. The summed E-state index contributed by atoms with van der Waals surface area (Å²) in [5.41, 5.74) is 2.92. The Labute approximate surface area is 136 Å². The predicted molar refractivity (Wildman–Crippen MR) is 93.1 cm³/mol. The molecule has 2 heterocycles. The fraction of sp³-hybridized carbons (Fsp3) is 0.588. The number of anilines is 2. The quantitative estimate of drug-likeness (QED) is 0.897. The van der Waals surface area contributed by atoms with Gasteiger partial charge in [-0.2, -0.15) is 11.8 Å². The topological polar surface area (TPSA) is 41.6 Å². The van der Waals surface area contributed by atoms with Gasteiger partial charge in [0, 0.05) is 24.0 Å². The maximum Gasteiger partial charge on any atom is 0.414 e. The Morgan fingerprint density at radius 3 is 2.91 bits per heavy atom. The fourth-order valence-electron chi connectivity index (χ4n) is 2.88. The summed E-state index contributed by atoms with van der Waals surface area (Å²) < 4.78 is 5.48. The number of hydrogen-bond acceptors (Lipinski definition) is 4. The number of nitrogens with one attached hydrogen (secondary N) is 1. The van der Waals surface area contributed by atoms with Crippen LogP contribution in [0.25, 0.3) is 0 Å². The van der Waals surface area contributed by atoms with E-state index in [1.165, 1.54) is 23.5 Å². The van der Waals surface area contributed by atoms with E-state index in [2.05, 4.69) is 17.4 Å². The van der Waals surface area contributed by atoms with E-state index in [-0.39, 0.29) is 6.09 Å². The van der Waals surface area contributed by atoms with E-state index in [1.807, 2.05) is 38.6 Å². The second kappa shape index (κ2) is 6.03. The highest BCUT2D eigenvalue weighted by Gasteiger charge is 2.29. The van der Waals surface area contributed by atoms with Crippen LogP contribution in [0.4, 0.5) is 16.2 Å². The second-order valence-corrected chi connectivity index (χ2v) is 8.08. The summed E-state index contributed by atoms with van der Waals surface area (Å²) in [6, 6.07) is 6.87. The molecule has 1 amide bonds. The highest BCUT2D eigenvalue weighted by molar-refractivity contribution is 7.99. The van der Waals surface area contributed by atoms with Crippen LogP contribution in [0.15, 0.2) is 18.2 Å². The van der Waals surface area contributed by atoms with Crippen molar-refractivity contribution in [1.82, 2.24) is 0 Å². The molecule has 0 saturated carbocycles. The molecule has 1 unspecified atom stereocenters. The van der Waals surface area contributed by atoms with Gasteiger partial charge in [0.1, 0.15) is 5.60 Å². The third-order valence-corrected chi connectivity index (χ3v) is 5.05. The van der Waals surface area contributed by atoms with Gasteiger partial charge in [0.25, 0.3) is 0 Å². The first kappa shape index (κ1) is 15.5. The average Bonchev–Trinajstić information content (AvgIpc) is 3.05. The molecule has 1 aromatic rings. The van der Waals surface area contributed by atoms with Crippen molar-refractivity contribution < 1.29 is 9.53 Å². The van der Waals surface area contributed by atoms with Gasteiger partial charge in [0.15, 0.2) is 0 Å². The van der Waals surface area contributed by atoms with Crippen molar-refractivity contribution in [2.24, 2.45) is 0 Å². The van der Waals surface area contributed by atoms with Crippen LogP contribution >= 0.6 is 11.8 Å². The number of thioether (sulfide) groups is 1. The van der Waals surface area contributed by atoms with E-state index in [0.717, 1.165) is 17.8 Å². The van der Waals surface area contributed by atoms with Gasteiger partial charge in [0.05, 0.1) is 5.69 Å². The second-order valence-electron chi connectivity index (χ2n) is 6.93. The van der Waals surface area contributed by atoms with E-state index in [4.69, 9.17) is 4.74 Å². The molecule has 4 nitrogen and oxygen atoms in total. The van der Waals surface area contributed by atoms with Crippen molar-refractivity contribution in [2.75, 3.05) is 28.3 Å². The van der Waals surface area contributed by atoms with Crippen molar-refractivity contribution in [3.63, 3.8) is 0 Å². The molecular formula is C17H24N2O2S. The summed E-state index contributed by atoms with van der Waals surface area (Å²) in [7, 11) is 0. The number of fused-ring (bicyclic) bond motifs is 1. The van der Waals surface area contributed by atoms with Crippen LogP contribution in [0.5, 0.6) is 0 Å². The number of carbonyl (C=O) groups is 1. The Morgan fingerprint density at radius 2 is 2.23 bits per heavy atom. The molecular weight excluding hydrogens is 296 g/mol. The standard InChI is InChI=1S/C17H24N2O2S/c1-17(2,3)21-16(20)19-8-6-12-10-13(4-5-15(12)19)18-14-7-9-22-11-14/h4-5,10,14,18H,6-9,11H2,1-3H3. The third-order valence-electron chi connectivity index (χ3n) is 3.89. The van der Waals surface area contributed by atoms with Crippen LogP contribution in [0.1, 0.15) is 32.8 Å². The predicted octanol–water partition coefficient (Wildman–Crippen LogP) is 3.90. The average molecular weight is 320 g/mol. The lowest BCUT2D eigenvalue weighted by Gasteiger charge is -2.25. The highest BCUT2D eigenvalue weighted by atomic mass is 32.2. The lowest BCUT2D eigenvalue weighted by Crippen LogP contribution is -2.35. The minimum absolute atomic E-state index is 0.251. The van der Waals surface area contributed by atoms with E-state index >= 15 is 0 Å². The minimum Gasteiger partial charge on any atom is -0.443 e. The van der Waals surface area contributed by atoms with Gasteiger partial charge >= 0.3 is 6.09 Å². The third kappa shape index (κ3) is 3.51. The molecule has 1 atom stereocenters. The van der Waals surface area contributed by atoms with Crippen molar-refractivity contribution in [1.29, 1.82) is 0 Å². The number of rotatable bonds is 2. The van der Waals surface area contributed by atoms with E-state index < -0.39 is 5.60 Å². The van der Waals surface area contributed by atoms with Gasteiger partial charge in [0.2, 0.25) is 0 Å². The van der Waals surface area contributed by atoms with E-state index in [0.29, 0.717) is 12.6 Å². The number of amides is 1. The number of carbonyl (C=O) groups excluding carboxylic acids is 1. The molecule has 2 aliphatic rings. The van der Waals surface area contributed by atoms with Gasteiger partial charge in [-0.15, -0.1) is 0 Å². The lowest BCUT2D eigenvalue weighted by molar-refractivity contribution is 0.0584. The summed E-state index contributed by atoms with van der Waals surface area (Å²) in [5, 5.41) is 3.60. The van der Waals surface area contributed by atoms with Gasteiger partial charge in [-0.1, -0.05) is 0 Å². The Balaban J connectivity index is 1.70. The highest BCUT2D eigenvalue weighted by Crippen LogP contribution is 2.32. The van der Waals surface area contributed by atoms with Gasteiger partial charge < -0.3 is 10.1 Å². The smallest absolute Gasteiger partial charge is 0.414 e. The molecule has 0 spiro atoms. The normalized spacial score (nSPS) is 20.9. The molecule has 0 bridgehead atoms. The molecule has 5 heteroatoms. The molecule has 3 rings (SSSR count). The van der Waals surface area contributed by atoms with E-state index in [9.17, 15) is 4.79 Å². The molecule has 0 radical (unpaired) electrons. The van der Waals surface area contributed by atoms with Gasteiger partial charge in [-0.05, 0) is 63.1 Å². The summed E-state index contributed by atoms with van der Waals surface area (Å²) in [6.45, 7) is 6.39. The fourth-order valence-corrected chi connectivity index (χ4v) is 4.03. The molecule has 1 saturated heterocycles. The number of benzene rings is 1. The van der Waals surface area contributed by atoms with Crippen LogP contribution < -0.4 is 10.2 Å². The number of ether oxygens (including phenoxy) is 1. The minimum atomic E-state index is -0.457. The summed E-state index contributed by atoms with van der Waals surface area (Å²) in [5.74, 6) is 2.43. The Hall–Kier alpha value is -1.36. The largest absolute Gasteiger partial charge is 0.443 e. The monoisotopic (exact) mass is 320 g/mol. The van der Waals surface area contributed by atoms with Gasteiger partial charge in [-0.25, -0.2) is 4.79 Å². The van der Waals surface area contributed by atoms with Crippen LogP contribution in [-0.2, 0) is 11.2 Å². The number of nitrogens with zero attached hydrogens (tertiary/aromatic N) is 1. The van der Waals surface area contributed by atoms with E-state index in [1.54, 1.807) is 4.90 Å². The molecule has 2 aliphatic heterocycles. The van der Waals surface area contributed by atoms with Crippen LogP contribution in [0.3, 0.4) is 0 Å². The van der Waals surface area contributed by atoms with Crippen molar-refractivity contribution in [3.8, 4) is 0 Å². The Bertz CT molecular complexity index is 562. The van der Waals surface area contributed by atoms with Crippen molar-refractivity contribution in [3.05, 3.63) is 23.8 Å². The molecule has 22 heavy (non-hydrogen) atoms. The lowest BCUT2D eigenvalue weighted by atomic mass is 10.1. The first-order chi connectivity index (χ1) is 10.4. The first-order valence-electron chi connectivity index (χ1n) is 7.90. The molecule has 0 aliphatic carbocycles. The van der Waals surface area contributed by atoms with Crippen molar-refractivity contribution >= 4 is 29.2 Å². The molecule has 1 N–H and O–H groups in total. The molecule has 0 aromatic heterocycles. The molecule has 1 aromatic carbocycles. The van der Waals surface area contributed by atoms with Crippen LogP contribution in [-0.4, -0.2) is 35.8 Å². The SMILES string of the molecule is CC(C)(C)OC(=O)N1CCc2cc(NC3CCSC3)ccc21. The maximum absolute atomic E-state index is 12.3. The maximum atomic E-state index is 12.3. The van der Waals surface area contributed by atoms with Crippen LogP contribution in [0, 0.1) is 0 Å². The zero-order valence-corrected chi connectivity index (χ0v) is 14.3. The summed E-state index contributed by atoms with van der Waals surface area (Å²) in [4.78, 5) is 14.0. The van der Waals surface area contributed by atoms with Crippen LogP contribution in [0.2, 0.25) is 0 Å². The summed E-state index contributed by atoms with van der Waals surface area (Å²) in [6.07, 6.45) is 1.87. The Kier molecular flexibility index (Phi) is 4.26. The number of hydrogen-bond donors (Lipinski definition) is 1. The zero-order chi connectivity index (χ0) is 15.7. The van der Waals surface area contributed by atoms with Crippen molar-refractivity contribution in [2.45, 2.75) is 45.3 Å². The molecule has 1 fully saturated rings. The summed E-state index contributed by atoms with van der Waals surface area (Å²) >= 11 is 2.00.